The van der Waals surface area contributed by atoms with E-state index in [1.807, 2.05) is 13.8 Å². The van der Waals surface area contributed by atoms with Crippen molar-refractivity contribution in [2.45, 2.75) is 45.3 Å². The number of anilines is 1. The van der Waals surface area contributed by atoms with Gasteiger partial charge in [0.05, 0.1) is 16.3 Å². The van der Waals surface area contributed by atoms with Gasteiger partial charge in [-0.25, -0.2) is 0 Å². The number of nitrogens with one attached hydrogen (secondary N) is 1. The van der Waals surface area contributed by atoms with Crippen molar-refractivity contribution in [3.63, 3.8) is 0 Å². The number of halogens is 3. The Morgan fingerprint density at radius 1 is 1.17 bits per heavy atom. The average molecular weight is 426 g/mol. The number of aliphatic hydroxyl groups is 2. The summed E-state index contributed by atoms with van der Waals surface area (Å²) in [6.07, 6.45) is -5.85. The highest BCUT2D eigenvalue weighted by Crippen LogP contribution is 2.39. The third-order valence-electron chi connectivity index (χ3n) is 4.98. The highest BCUT2D eigenvalue weighted by atomic mass is 32.1. The minimum absolute atomic E-state index is 0.187. The van der Waals surface area contributed by atoms with E-state index in [1.54, 1.807) is 0 Å². The van der Waals surface area contributed by atoms with Crippen LogP contribution in [0.25, 0.3) is 10.2 Å². The lowest BCUT2D eigenvalue weighted by atomic mass is 9.94. The number of rotatable bonds is 5. The molecule has 3 aromatic rings. The van der Waals surface area contributed by atoms with Crippen LogP contribution in [0.5, 0.6) is 0 Å². The zero-order valence-corrected chi connectivity index (χ0v) is 16.8. The van der Waals surface area contributed by atoms with E-state index in [0.717, 1.165) is 16.6 Å². The summed E-state index contributed by atoms with van der Waals surface area (Å²) < 4.78 is 38.8. The molecule has 0 saturated carbocycles. The Hall–Kier alpha value is -2.27. The Bertz CT molecular complexity index is 1030. The molecule has 5 N–H and O–H groups in total. The Balaban J connectivity index is 1.75. The molecule has 1 aromatic carbocycles. The summed E-state index contributed by atoms with van der Waals surface area (Å²) in [7, 11) is 0. The molecule has 0 bridgehead atoms. The van der Waals surface area contributed by atoms with Crippen molar-refractivity contribution < 1.29 is 23.4 Å². The highest BCUT2D eigenvalue weighted by molar-refractivity contribution is 7.19. The molecule has 156 valence electrons. The van der Waals surface area contributed by atoms with E-state index in [9.17, 15) is 23.4 Å². The molecule has 0 aliphatic rings. The first-order chi connectivity index (χ1) is 13.4. The molecule has 2 aromatic heterocycles. The van der Waals surface area contributed by atoms with Crippen LogP contribution in [-0.4, -0.2) is 26.6 Å². The summed E-state index contributed by atoms with van der Waals surface area (Å²) in [6.45, 7) is 4.61. The standard InChI is InChI=1S/C19H21F3N4O2S/c1-9-10(2)25-26-17-13(9)14(23)15(29-17)16(27)24-8-11-4-6-12(7-5-11)18(3,28)19(20,21)22/h4-7,16,24,27-28H,8,23H2,1-3H3. The Morgan fingerprint density at radius 3 is 2.38 bits per heavy atom. The summed E-state index contributed by atoms with van der Waals surface area (Å²) in [6, 6.07) is 5.35. The molecule has 6 nitrogen and oxygen atoms in total. The number of thiophene rings is 1. The summed E-state index contributed by atoms with van der Waals surface area (Å²) in [4.78, 5) is 1.12. The summed E-state index contributed by atoms with van der Waals surface area (Å²) in [5, 5.41) is 32.0. The van der Waals surface area contributed by atoms with Crippen LogP contribution in [0.3, 0.4) is 0 Å². The van der Waals surface area contributed by atoms with Gasteiger partial charge in [-0.05, 0) is 37.5 Å². The van der Waals surface area contributed by atoms with Crippen LogP contribution in [0.1, 0.15) is 40.4 Å². The summed E-state index contributed by atoms with van der Waals surface area (Å²) in [5.74, 6) is 0. The number of aromatic nitrogens is 2. The number of nitrogens with two attached hydrogens (primary N) is 1. The smallest absolute Gasteiger partial charge is 0.397 e. The van der Waals surface area contributed by atoms with Gasteiger partial charge < -0.3 is 15.9 Å². The van der Waals surface area contributed by atoms with Gasteiger partial charge in [-0.1, -0.05) is 24.3 Å². The largest absolute Gasteiger partial charge is 0.421 e. The minimum atomic E-state index is -4.78. The zero-order valence-electron chi connectivity index (χ0n) is 16.0. The molecule has 0 fully saturated rings. The average Bonchev–Trinajstić information content (AvgIpc) is 2.99. The zero-order chi connectivity index (χ0) is 21.6. The van der Waals surface area contributed by atoms with Gasteiger partial charge >= 0.3 is 6.18 Å². The van der Waals surface area contributed by atoms with E-state index >= 15 is 0 Å². The molecule has 29 heavy (non-hydrogen) atoms. The molecule has 0 aliphatic heterocycles. The first kappa shape index (κ1) is 21.4. The lowest BCUT2D eigenvalue weighted by molar-refractivity contribution is -0.258. The third kappa shape index (κ3) is 3.93. The molecule has 0 spiro atoms. The van der Waals surface area contributed by atoms with E-state index in [1.165, 1.54) is 35.6 Å². The molecular weight excluding hydrogens is 405 g/mol. The van der Waals surface area contributed by atoms with Gasteiger partial charge in [0.25, 0.3) is 0 Å². The van der Waals surface area contributed by atoms with Crippen molar-refractivity contribution in [2.24, 2.45) is 0 Å². The second-order valence-corrected chi connectivity index (χ2v) is 8.05. The lowest BCUT2D eigenvalue weighted by Crippen LogP contribution is -2.39. The van der Waals surface area contributed by atoms with Crippen LogP contribution >= 0.6 is 11.3 Å². The maximum absolute atomic E-state index is 12.9. The molecule has 0 aliphatic carbocycles. The minimum Gasteiger partial charge on any atom is -0.397 e. The van der Waals surface area contributed by atoms with Crippen LogP contribution < -0.4 is 11.1 Å². The second-order valence-electron chi connectivity index (χ2n) is 7.02. The Morgan fingerprint density at radius 2 is 1.79 bits per heavy atom. The number of aliphatic hydroxyl groups excluding tert-OH is 1. The first-order valence-corrected chi connectivity index (χ1v) is 9.57. The van der Waals surface area contributed by atoms with E-state index in [-0.39, 0.29) is 12.1 Å². The fourth-order valence-corrected chi connectivity index (χ4v) is 3.94. The van der Waals surface area contributed by atoms with Gasteiger partial charge in [-0.2, -0.15) is 18.3 Å². The van der Waals surface area contributed by atoms with Gasteiger partial charge in [0.2, 0.25) is 0 Å². The normalized spacial score (nSPS) is 15.4. The number of fused-ring (bicyclic) bond motifs is 1. The predicted molar refractivity (Wildman–Crippen MR) is 105 cm³/mol. The van der Waals surface area contributed by atoms with Crippen molar-refractivity contribution >= 4 is 27.2 Å². The lowest BCUT2D eigenvalue weighted by Gasteiger charge is -2.26. The molecule has 2 atom stereocenters. The van der Waals surface area contributed by atoms with Crippen LogP contribution in [0.15, 0.2) is 24.3 Å². The van der Waals surface area contributed by atoms with Crippen LogP contribution in [-0.2, 0) is 12.1 Å². The third-order valence-corrected chi connectivity index (χ3v) is 6.12. The Kier molecular flexibility index (Phi) is 5.56. The molecule has 0 amide bonds. The van der Waals surface area contributed by atoms with Crippen LogP contribution in [0.4, 0.5) is 18.9 Å². The van der Waals surface area contributed by atoms with E-state index in [0.29, 0.717) is 27.9 Å². The van der Waals surface area contributed by atoms with Crippen LogP contribution in [0, 0.1) is 13.8 Å². The molecule has 2 heterocycles. The van der Waals surface area contributed by atoms with Gasteiger partial charge in [-0.15, -0.1) is 16.4 Å². The predicted octanol–water partition coefficient (Wildman–Crippen LogP) is 3.44. The quantitative estimate of drug-likeness (QED) is 0.466. The number of benzene rings is 1. The monoisotopic (exact) mass is 426 g/mol. The van der Waals surface area contributed by atoms with Crippen LogP contribution in [0.2, 0.25) is 0 Å². The number of aryl methyl sites for hydroxylation is 2. The number of alkyl halides is 3. The van der Waals surface area contributed by atoms with Gasteiger partial charge in [0, 0.05) is 11.9 Å². The number of nitrogen functional groups attached to an aromatic ring is 1. The molecule has 3 rings (SSSR count). The number of hydrogen-bond donors (Lipinski definition) is 4. The fourth-order valence-electron chi connectivity index (χ4n) is 2.88. The topological polar surface area (TPSA) is 104 Å². The van der Waals surface area contributed by atoms with Crippen molar-refractivity contribution in [2.75, 3.05) is 5.73 Å². The molecule has 10 heteroatoms. The van der Waals surface area contributed by atoms with E-state index in [4.69, 9.17) is 5.73 Å². The van der Waals surface area contributed by atoms with Crippen molar-refractivity contribution in [1.82, 2.24) is 15.5 Å². The molecular formula is C19H21F3N4O2S. The Labute approximate surface area is 169 Å². The molecule has 0 saturated heterocycles. The van der Waals surface area contributed by atoms with Gasteiger partial charge in [-0.3, -0.25) is 5.32 Å². The van der Waals surface area contributed by atoms with E-state index in [2.05, 4.69) is 15.5 Å². The van der Waals surface area contributed by atoms with Crippen molar-refractivity contribution in [3.05, 3.63) is 51.5 Å². The maximum atomic E-state index is 12.9. The fraction of sp³-hybridized carbons (Fsp3) is 0.368. The van der Waals surface area contributed by atoms with Crippen molar-refractivity contribution in [3.8, 4) is 0 Å². The van der Waals surface area contributed by atoms with Gasteiger partial charge in [0.15, 0.2) is 5.60 Å². The summed E-state index contributed by atoms with van der Waals surface area (Å²) >= 11 is 1.23. The van der Waals surface area contributed by atoms with Gasteiger partial charge in [0.1, 0.15) is 11.1 Å². The van der Waals surface area contributed by atoms with E-state index < -0.39 is 18.0 Å². The highest BCUT2D eigenvalue weighted by Gasteiger charge is 2.51. The summed E-state index contributed by atoms with van der Waals surface area (Å²) in [5.41, 5.74) is 5.73. The number of nitrogens with zero attached hydrogens (tertiary/aromatic N) is 2. The molecule has 2 unspecified atom stereocenters. The number of hydrogen-bond acceptors (Lipinski definition) is 7. The second kappa shape index (κ2) is 7.52. The SMILES string of the molecule is Cc1nnc2sc(C(O)NCc3ccc(C(C)(O)C(F)(F)F)cc3)c(N)c2c1C. The maximum Gasteiger partial charge on any atom is 0.421 e. The van der Waals surface area contributed by atoms with Crippen molar-refractivity contribution in [1.29, 1.82) is 0 Å². The first-order valence-electron chi connectivity index (χ1n) is 8.75. The molecule has 0 radical (unpaired) electrons.